The van der Waals surface area contributed by atoms with Crippen LogP contribution in [0.2, 0.25) is 0 Å². The third-order valence-electron chi connectivity index (χ3n) is 0.856. The van der Waals surface area contributed by atoms with Crippen LogP contribution in [0.3, 0.4) is 0 Å². The summed E-state index contributed by atoms with van der Waals surface area (Å²) >= 11 is 0. The van der Waals surface area contributed by atoms with Crippen molar-refractivity contribution >= 4 is 8.73 Å². The zero-order valence-electron chi connectivity index (χ0n) is 5.28. The Kier molecular flexibility index (Phi) is 12.8. The average Bonchev–Trinajstić information content (AvgIpc) is 1.72. The fraction of sp³-hybridized carbons (Fsp3) is 0.600. The summed E-state index contributed by atoms with van der Waals surface area (Å²) in [4.78, 5) is 0. The van der Waals surface area contributed by atoms with Crippen molar-refractivity contribution in [2.45, 2.75) is 0 Å². The quantitative estimate of drug-likeness (QED) is 0.543. The molecule has 0 saturated heterocycles. The largest absolute Gasteiger partial charge is 2.00 e. The minimum Gasteiger partial charge on any atom is -0.345 e. The van der Waals surface area contributed by atoms with Crippen molar-refractivity contribution in [3.8, 4) is 0 Å². The SMILES string of the molecule is [CH2-]CN(C[CH2-])PC.[U+2]. The maximum Gasteiger partial charge on any atom is 2.00 e. The zero-order chi connectivity index (χ0) is 5.70. The number of rotatable bonds is 3. The summed E-state index contributed by atoms with van der Waals surface area (Å²) in [5.41, 5.74) is 0. The summed E-state index contributed by atoms with van der Waals surface area (Å²) in [7, 11) is 0.857. The minimum atomic E-state index is 0. The summed E-state index contributed by atoms with van der Waals surface area (Å²) in [6.07, 6.45) is 0. The van der Waals surface area contributed by atoms with Crippen LogP contribution in [0.1, 0.15) is 0 Å². The van der Waals surface area contributed by atoms with Crippen LogP contribution in [0.4, 0.5) is 0 Å². The molecule has 1 unspecified atom stereocenters. The van der Waals surface area contributed by atoms with E-state index in [1.807, 2.05) is 0 Å². The van der Waals surface area contributed by atoms with Gasteiger partial charge in [-0.2, -0.15) is 0 Å². The molecular weight excluding hydrogens is 343 g/mol. The Morgan fingerprint density at radius 1 is 1.38 bits per heavy atom. The third kappa shape index (κ3) is 5.58. The van der Waals surface area contributed by atoms with Crippen LogP contribution in [-0.4, -0.2) is 24.4 Å². The standard InChI is InChI=1S/C5H12NP.U/c1-4-6(5-2)7-3;/h7H,1-2,4-5H2,3H3;/q-2;+2. The van der Waals surface area contributed by atoms with E-state index in [9.17, 15) is 0 Å². The van der Waals surface area contributed by atoms with Gasteiger partial charge in [0.1, 0.15) is 0 Å². The van der Waals surface area contributed by atoms with Crippen molar-refractivity contribution in [3.05, 3.63) is 13.8 Å². The summed E-state index contributed by atoms with van der Waals surface area (Å²) in [5, 5.41) is 0. The first-order chi connectivity index (χ1) is 3.35. The molecule has 46 valence electrons. The number of hydrogen-bond acceptors (Lipinski definition) is 1. The molecule has 0 aliphatic carbocycles. The molecule has 0 saturated carbocycles. The van der Waals surface area contributed by atoms with E-state index in [0.29, 0.717) is 0 Å². The van der Waals surface area contributed by atoms with Crippen LogP contribution in [0.15, 0.2) is 0 Å². The monoisotopic (exact) mass is 355 g/mol. The van der Waals surface area contributed by atoms with Gasteiger partial charge in [0.2, 0.25) is 0 Å². The second-order valence-corrected chi connectivity index (χ2v) is 2.29. The number of hydrogen-bond donors (Lipinski definition) is 0. The van der Waals surface area contributed by atoms with Crippen LogP contribution in [0, 0.1) is 45.0 Å². The zero-order valence-corrected chi connectivity index (χ0v) is 10.4. The molecule has 0 spiro atoms. The Morgan fingerprint density at radius 2 is 1.75 bits per heavy atom. The summed E-state index contributed by atoms with van der Waals surface area (Å²) < 4.78 is 2.18. The molecule has 0 aliphatic rings. The van der Waals surface area contributed by atoms with Crippen LogP contribution in [0.25, 0.3) is 0 Å². The second-order valence-electron chi connectivity index (χ2n) is 1.21. The summed E-state index contributed by atoms with van der Waals surface area (Å²) in [6.45, 7) is 11.4. The smallest absolute Gasteiger partial charge is 0.345 e. The van der Waals surface area contributed by atoms with Gasteiger partial charge in [-0.15, -0.1) is 13.1 Å². The Hall–Kier alpha value is 1.44. The van der Waals surface area contributed by atoms with Gasteiger partial charge in [-0.25, -0.2) is 0 Å². The molecule has 0 bridgehead atoms. The van der Waals surface area contributed by atoms with Gasteiger partial charge in [0.15, 0.2) is 0 Å². The van der Waals surface area contributed by atoms with Gasteiger partial charge in [0.05, 0.1) is 0 Å². The first kappa shape index (κ1) is 12.1. The molecule has 1 nitrogen and oxygen atoms in total. The van der Waals surface area contributed by atoms with E-state index < -0.39 is 0 Å². The fourth-order valence-electron chi connectivity index (χ4n) is 0.335. The van der Waals surface area contributed by atoms with Crippen LogP contribution in [0.5, 0.6) is 0 Å². The molecule has 8 heavy (non-hydrogen) atoms. The Bertz CT molecular complexity index is 33.9. The maximum absolute atomic E-state index is 3.72. The van der Waals surface area contributed by atoms with Crippen LogP contribution in [-0.2, 0) is 0 Å². The molecule has 0 aromatic heterocycles. The van der Waals surface area contributed by atoms with Gasteiger partial charge in [-0.05, 0) is 6.66 Å². The predicted octanol–water partition coefficient (Wildman–Crippen LogP) is 1.18. The van der Waals surface area contributed by atoms with E-state index in [1.54, 1.807) is 0 Å². The van der Waals surface area contributed by atoms with Crippen molar-refractivity contribution in [2.24, 2.45) is 0 Å². The first-order valence-corrected chi connectivity index (χ1v) is 3.80. The molecule has 0 aromatic rings. The Labute approximate surface area is 77.8 Å². The molecule has 0 heterocycles. The number of nitrogens with zero attached hydrogens (tertiary/aromatic N) is 1. The van der Waals surface area contributed by atoms with E-state index in [-0.39, 0.29) is 31.1 Å². The van der Waals surface area contributed by atoms with Gasteiger partial charge >= 0.3 is 31.1 Å². The van der Waals surface area contributed by atoms with Crippen molar-refractivity contribution in [1.82, 2.24) is 4.67 Å². The molecule has 0 amide bonds. The maximum atomic E-state index is 3.72. The van der Waals surface area contributed by atoms with Crippen molar-refractivity contribution in [3.63, 3.8) is 0 Å². The van der Waals surface area contributed by atoms with E-state index in [4.69, 9.17) is 0 Å². The Balaban J connectivity index is 0. The molecule has 1 atom stereocenters. The van der Waals surface area contributed by atoms with Crippen molar-refractivity contribution in [2.75, 3.05) is 19.8 Å². The minimum absolute atomic E-state index is 0. The predicted molar refractivity (Wildman–Crippen MR) is 36.5 cm³/mol. The van der Waals surface area contributed by atoms with Crippen LogP contribution >= 0.6 is 8.73 Å². The topological polar surface area (TPSA) is 3.24 Å². The first-order valence-electron chi connectivity index (χ1n) is 2.36. The molecular formula is C5H12NPU. The summed E-state index contributed by atoms with van der Waals surface area (Å²) in [6, 6.07) is 0. The molecule has 0 N–H and O–H groups in total. The van der Waals surface area contributed by atoms with E-state index >= 15 is 0 Å². The van der Waals surface area contributed by atoms with E-state index in [2.05, 4.69) is 25.2 Å². The van der Waals surface area contributed by atoms with E-state index in [1.165, 1.54) is 0 Å². The van der Waals surface area contributed by atoms with Crippen molar-refractivity contribution in [1.29, 1.82) is 0 Å². The molecule has 3 heteroatoms. The van der Waals surface area contributed by atoms with Gasteiger partial charge in [-0.1, -0.05) is 8.73 Å². The molecule has 0 radical (unpaired) electrons. The van der Waals surface area contributed by atoms with Gasteiger partial charge in [-0.3, -0.25) is 0 Å². The average molecular weight is 355 g/mol. The molecule has 0 aromatic carbocycles. The van der Waals surface area contributed by atoms with Gasteiger partial charge < -0.3 is 18.5 Å². The Morgan fingerprint density at radius 3 is 1.75 bits per heavy atom. The normalized spacial score (nSPS) is 10.5. The van der Waals surface area contributed by atoms with E-state index in [0.717, 1.165) is 21.8 Å². The van der Waals surface area contributed by atoms with Crippen LogP contribution < -0.4 is 0 Å². The summed E-state index contributed by atoms with van der Waals surface area (Å²) in [5.74, 6) is 0. The fourth-order valence-corrected chi connectivity index (χ4v) is 0.783. The molecule has 0 fully saturated rings. The van der Waals surface area contributed by atoms with Gasteiger partial charge in [0, 0.05) is 0 Å². The second kappa shape index (κ2) is 8.44. The third-order valence-corrected chi connectivity index (χ3v) is 1.94. The molecule has 0 aliphatic heterocycles. The van der Waals surface area contributed by atoms with Gasteiger partial charge in [0.25, 0.3) is 0 Å². The molecule has 0 rings (SSSR count). The van der Waals surface area contributed by atoms with Crippen molar-refractivity contribution < 1.29 is 31.1 Å².